The van der Waals surface area contributed by atoms with Crippen molar-refractivity contribution in [2.75, 3.05) is 17.1 Å². The molecule has 2 aromatic carbocycles. The number of benzene rings is 2. The summed E-state index contributed by atoms with van der Waals surface area (Å²) in [5.74, 6) is 0.519. The number of anilines is 3. The minimum Gasteiger partial charge on any atom is -0.495 e. The van der Waals surface area contributed by atoms with Gasteiger partial charge >= 0.3 is 0 Å². The highest BCUT2D eigenvalue weighted by atomic mass is 32.2. The van der Waals surface area contributed by atoms with Crippen LogP contribution in [-0.4, -0.2) is 20.5 Å². The number of ether oxygens (including phenoxy) is 1. The third-order valence-electron chi connectivity index (χ3n) is 4.29. The van der Waals surface area contributed by atoms with Gasteiger partial charge in [0.15, 0.2) is 0 Å². The molecule has 0 fully saturated rings. The van der Waals surface area contributed by atoms with Crippen molar-refractivity contribution in [2.45, 2.75) is 25.2 Å². The van der Waals surface area contributed by atoms with E-state index in [0.29, 0.717) is 0 Å². The van der Waals surface area contributed by atoms with E-state index in [-0.39, 0.29) is 16.5 Å². The zero-order valence-electron chi connectivity index (χ0n) is 16.1. The smallest absolute Gasteiger partial charge is 0.266 e. The number of rotatable bonds is 7. The molecule has 7 heteroatoms. The Hall–Kier alpha value is -3.06. The molecular formula is C21H23N3O3S. The molecule has 146 valence electrons. The first kappa shape index (κ1) is 19.7. The highest BCUT2D eigenvalue weighted by Gasteiger charge is 2.20. The summed E-state index contributed by atoms with van der Waals surface area (Å²) in [6.45, 7) is 3.92. The van der Waals surface area contributed by atoms with E-state index in [1.165, 1.54) is 12.7 Å². The van der Waals surface area contributed by atoms with Gasteiger partial charge in [0, 0.05) is 5.69 Å². The summed E-state index contributed by atoms with van der Waals surface area (Å²) < 4.78 is 33.2. The molecule has 2 N–H and O–H groups in total. The van der Waals surface area contributed by atoms with Crippen LogP contribution in [0.25, 0.3) is 0 Å². The summed E-state index contributed by atoms with van der Waals surface area (Å²) in [5, 5.41) is 3.31. The molecular weight excluding hydrogens is 374 g/mol. The van der Waals surface area contributed by atoms with Crippen LogP contribution in [0.1, 0.15) is 18.1 Å². The Kier molecular flexibility index (Phi) is 5.84. The third-order valence-corrected chi connectivity index (χ3v) is 5.66. The van der Waals surface area contributed by atoms with Gasteiger partial charge in [0.05, 0.1) is 19.0 Å². The first-order valence-electron chi connectivity index (χ1n) is 8.91. The molecule has 0 atom stereocenters. The Labute approximate surface area is 165 Å². The Morgan fingerprint density at radius 2 is 1.86 bits per heavy atom. The predicted molar refractivity (Wildman–Crippen MR) is 112 cm³/mol. The summed E-state index contributed by atoms with van der Waals surface area (Å²) in [5.41, 5.74) is 3.80. The van der Waals surface area contributed by atoms with Crippen molar-refractivity contribution in [1.82, 2.24) is 4.98 Å². The molecule has 0 aliphatic heterocycles. The maximum Gasteiger partial charge on any atom is 0.266 e. The fourth-order valence-electron chi connectivity index (χ4n) is 2.82. The molecule has 28 heavy (non-hydrogen) atoms. The maximum absolute atomic E-state index is 12.7. The summed E-state index contributed by atoms with van der Waals surface area (Å²) in [4.78, 5) is 4.30. The lowest BCUT2D eigenvalue weighted by Crippen LogP contribution is -2.15. The van der Waals surface area contributed by atoms with Gasteiger partial charge in [0.2, 0.25) is 0 Å². The minimum atomic E-state index is -3.82. The van der Waals surface area contributed by atoms with Crippen LogP contribution in [0.4, 0.5) is 17.2 Å². The molecule has 1 heterocycles. The zero-order chi connectivity index (χ0) is 20.1. The van der Waals surface area contributed by atoms with Crippen LogP contribution in [0.15, 0.2) is 65.7 Å². The summed E-state index contributed by atoms with van der Waals surface area (Å²) in [6.07, 6.45) is 2.50. The second-order valence-corrected chi connectivity index (χ2v) is 7.98. The highest BCUT2D eigenvalue weighted by molar-refractivity contribution is 7.92. The lowest BCUT2D eigenvalue weighted by molar-refractivity contribution is 0.402. The molecule has 0 amide bonds. The van der Waals surface area contributed by atoms with E-state index >= 15 is 0 Å². The van der Waals surface area contributed by atoms with Gasteiger partial charge in [0.1, 0.15) is 16.5 Å². The molecule has 3 rings (SSSR count). The largest absolute Gasteiger partial charge is 0.495 e. The lowest BCUT2D eigenvalue weighted by Gasteiger charge is -2.13. The monoisotopic (exact) mass is 397 g/mol. The molecule has 0 saturated heterocycles. The van der Waals surface area contributed by atoms with Gasteiger partial charge in [-0.15, -0.1) is 0 Å². The van der Waals surface area contributed by atoms with Crippen LogP contribution in [0, 0.1) is 6.92 Å². The number of nitrogens with zero attached hydrogens (tertiary/aromatic N) is 1. The number of aryl methyl sites for hydroxylation is 2. The molecule has 0 spiro atoms. The van der Waals surface area contributed by atoms with Gasteiger partial charge in [-0.1, -0.05) is 31.2 Å². The molecule has 1 aromatic heterocycles. The van der Waals surface area contributed by atoms with Gasteiger partial charge in [-0.25, -0.2) is 13.4 Å². The Balaban J connectivity index is 1.80. The first-order chi connectivity index (χ1) is 13.4. The topological polar surface area (TPSA) is 80.3 Å². The van der Waals surface area contributed by atoms with Crippen molar-refractivity contribution in [3.63, 3.8) is 0 Å². The molecule has 0 unspecified atom stereocenters. The molecule has 6 nitrogen and oxygen atoms in total. The van der Waals surface area contributed by atoms with E-state index in [2.05, 4.69) is 28.0 Å². The number of hydrogen-bond acceptors (Lipinski definition) is 5. The van der Waals surface area contributed by atoms with Crippen LogP contribution >= 0.6 is 0 Å². The lowest BCUT2D eigenvalue weighted by atomic mass is 10.1. The van der Waals surface area contributed by atoms with E-state index < -0.39 is 10.0 Å². The van der Waals surface area contributed by atoms with E-state index in [9.17, 15) is 8.42 Å². The van der Waals surface area contributed by atoms with Crippen LogP contribution < -0.4 is 14.8 Å². The normalized spacial score (nSPS) is 11.1. The van der Waals surface area contributed by atoms with E-state index in [1.54, 1.807) is 36.5 Å². The molecule has 0 radical (unpaired) electrons. The van der Waals surface area contributed by atoms with Gasteiger partial charge in [-0.05, 0) is 54.8 Å². The van der Waals surface area contributed by atoms with Crippen molar-refractivity contribution in [1.29, 1.82) is 0 Å². The van der Waals surface area contributed by atoms with Crippen LogP contribution in [-0.2, 0) is 16.4 Å². The van der Waals surface area contributed by atoms with Gasteiger partial charge in [-0.3, -0.25) is 4.72 Å². The molecule has 0 aliphatic carbocycles. The Morgan fingerprint density at radius 3 is 2.54 bits per heavy atom. The van der Waals surface area contributed by atoms with Gasteiger partial charge in [0.25, 0.3) is 10.0 Å². The number of para-hydroxylation sites is 1. The fourth-order valence-corrected chi connectivity index (χ4v) is 4.08. The average molecular weight is 398 g/mol. The van der Waals surface area contributed by atoms with Gasteiger partial charge < -0.3 is 10.1 Å². The molecule has 3 aromatic rings. The molecule has 0 aliphatic rings. The van der Waals surface area contributed by atoms with Crippen molar-refractivity contribution in [3.05, 3.63) is 71.9 Å². The Morgan fingerprint density at radius 1 is 1.07 bits per heavy atom. The first-order valence-corrected chi connectivity index (χ1v) is 10.4. The predicted octanol–water partition coefficient (Wildman–Crippen LogP) is 4.51. The minimum absolute atomic E-state index is 0.0795. The van der Waals surface area contributed by atoms with Crippen molar-refractivity contribution < 1.29 is 13.2 Å². The summed E-state index contributed by atoms with van der Waals surface area (Å²) >= 11 is 0. The standard InChI is InChI=1S/C21H23N3O3S/c1-4-16-7-5-6-8-18(16)23-17-10-12-21(22-14-17)24-28(25,26)20-13-15(2)9-11-19(20)27-3/h5-14,23H,4H2,1-3H3,(H,22,24). The maximum atomic E-state index is 12.7. The van der Waals surface area contributed by atoms with E-state index in [4.69, 9.17) is 4.74 Å². The second-order valence-electron chi connectivity index (χ2n) is 6.33. The fraction of sp³-hybridized carbons (Fsp3) is 0.190. The number of sulfonamides is 1. The number of methoxy groups -OCH3 is 1. The highest BCUT2D eigenvalue weighted by Crippen LogP contribution is 2.27. The molecule has 0 saturated carbocycles. The van der Waals surface area contributed by atoms with Gasteiger partial charge in [-0.2, -0.15) is 0 Å². The van der Waals surface area contributed by atoms with Crippen molar-refractivity contribution in [2.24, 2.45) is 0 Å². The van der Waals surface area contributed by atoms with E-state index in [1.807, 2.05) is 25.1 Å². The number of nitrogens with one attached hydrogen (secondary N) is 2. The third kappa shape index (κ3) is 4.43. The summed E-state index contributed by atoms with van der Waals surface area (Å²) in [6, 6.07) is 16.4. The summed E-state index contributed by atoms with van der Waals surface area (Å²) in [7, 11) is -2.38. The van der Waals surface area contributed by atoms with Crippen molar-refractivity contribution >= 4 is 27.2 Å². The van der Waals surface area contributed by atoms with E-state index in [0.717, 1.165) is 23.4 Å². The quantitative estimate of drug-likeness (QED) is 0.613. The number of pyridine rings is 1. The zero-order valence-corrected chi connectivity index (χ0v) is 16.9. The van der Waals surface area contributed by atoms with Crippen LogP contribution in [0.3, 0.4) is 0 Å². The number of aromatic nitrogens is 1. The number of hydrogen-bond donors (Lipinski definition) is 2. The second kappa shape index (κ2) is 8.31. The van der Waals surface area contributed by atoms with Crippen molar-refractivity contribution in [3.8, 4) is 5.75 Å². The molecule has 0 bridgehead atoms. The average Bonchev–Trinajstić information content (AvgIpc) is 2.69. The SMILES string of the molecule is CCc1ccccc1Nc1ccc(NS(=O)(=O)c2cc(C)ccc2OC)nc1. The van der Waals surface area contributed by atoms with Crippen LogP contribution in [0.2, 0.25) is 0 Å². The van der Waals surface area contributed by atoms with Crippen LogP contribution in [0.5, 0.6) is 5.75 Å². The Bertz CT molecular complexity index is 1060.